The molecule has 0 radical (unpaired) electrons. The highest BCUT2D eigenvalue weighted by Gasteiger charge is 2.37. The SMILES string of the molecule is Cc1c(C(=O)O)[nH]c(C(C(=O)CC(C)(C)C(=O)C[Si](C)(C)C)c2ccccc2)c1C. The van der Waals surface area contributed by atoms with E-state index in [9.17, 15) is 19.5 Å². The van der Waals surface area contributed by atoms with Crippen LogP contribution in [-0.2, 0) is 9.59 Å². The van der Waals surface area contributed by atoms with E-state index < -0.39 is 25.4 Å². The lowest BCUT2D eigenvalue weighted by Gasteiger charge is -2.28. The Morgan fingerprint density at radius 2 is 1.60 bits per heavy atom. The summed E-state index contributed by atoms with van der Waals surface area (Å²) < 4.78 is 0. The highest BCUT2D eigenvalue weighted by Crippen LogP contribution is 2.35. The first-order valence-corrected chi connectivity index (χ1v) is 14.0. The van der Waals surface area contributed by atoms with Gasteiger partial charge in [-0.1, -0.05) is 63.8 Å². The second-order valence-corrected chi connectivity index (χ2v) is 15.5. The fourth-order valence-corrected chi connectivity index (χ4v) is 5.17. The summed E-state index contributed by atoms with van der Waals surface area (Å²) in [6.45, 7) is 13.7. The summed E-state index contributed by atoms with van der Waals surface area (Å²) in [6, 6.07) is 9.88. The lowest BCUT2D eigenvalue weighted by Crippen LogP contribution is -2.35. The molecule has 0 fully saturated rings. The van der Waals surface area contributed by atoms with Gasteiger partial charge in [-0.3, -0.25) is 9.59 Å². The van der Waals surface area contributed by atoms with Crippen molar-refractivity contribution >= 4 is 25.6 Å². The first-order chi connectivity index (χ1) is 13.7. The van der Waals surface area contributed by atoms with Crippen LogP contribution in [0.5, 0.6) is 0 Å². The van der Waals surface area contributed by atoms with Gasteiger partial charge < -0.3 is 10.1 Å². The third-order valence-corrected chi connectivity index (χ3v) is 7.00. The van der Waals surface area contributed by atoms with E-state index in [1.54, 1.807) is 6.92 Å². The number of rotatable bonds is 9. The molecule has 30 heavy (non-hydrogen) atoms. The number of hydrogen-bond donors (Lipinski definition) is 2. The first-order valence-electron chi connectivity index (χ1n) is 10.3. The lowest BCUT2D eigenvalue weighted by atomic mass is 9.78. The van der Waals surface area contributed by atoms with Gasteiger partial charge in [-0.15, -0.1) is 0 Å². The molecule has 1 atom stereocenters. The summed E-state index contributed by atoms with van der Waals surface area (Å²) in [5, 5.41) is 9.50. The highest BCUT2D eigenvalue weighted by atomic mass is 28.3. The number of hydrogen-bond acceptors (Lipinski definition) is 3. The molecule has 2 rings (SSSR count). The molecule has 5 nitrogen and oxygen atoms in total. The van der Waals surface area contributed by atoms with Crippen LogP contribution in [0.3, 0.4) is 0 Å². The molecule has 1 heterocycles. The largest absolute Gasteiger partial charge is 0.477 e. The lowest BCUT2D eigenvalue weighted by molar-refractivity contribution is -0.131. The number of H-pyrrole nitrogens is 1. The summed E-state index contributed by atoms with van der Waals surface area (Å²) >= 11 is 0. The second kappa shape index (κ2) is 8.72. The minimum atomic E-state index is -1.59. The first kappa shape index (κ1) is 23.8. The quantitative estimate of drug-likeness (QED) is 0.528. The molecule has 162 valence electrons. The number of benzene rings is 1. The predicted octanol–water partition coefficient (Wildman–Crippen LogP) is 5.35. The third-order valence-electron chi connectivity index (χ3n) is 5.62. The molecule has 0 aliphatic rings. The zero-order valence-corrected chi connectivity index (χ0v) is 20.1. The summed E-state index contributed by atoms with van der Waals surface area (Å²) in [7, 11) is -1.59. The maximum Gasteiger partial charge on any atom is 0.352 e. The van der Waals surface area contributed by atoms with Gasteiger partial charge in [0, 0.05) is 23.6 Å². The Morgan fingerprint density at radius 3 is 2.07 bits per heavy atom. The average Bonchev–Trinajstić information content (AvgIpc) is 2.90. The van der Waals surface area contributed by atoms with Crippen LogP contribution in [0.25, 0.3) is 0 Å². The summed E-state index contributed by atoms with van der Waals surface area (Å²) in [4.78, 5) is 41.1. The van der Waals surface area contributed by atoms with Crippen molar-refractivity contribution in [1.29, 1.82) is 0 Å². The van der Waals surface area contributed by atoms with E-state index in [0.29, 0.717) is 17.3 Å². The van der Waals surface area contributed by atoms with Crippen LogP contribution in [0, 0.1) is 19.3 Å². The molecule has 0 amide bonds. The molecule has 1 aromatic heterocycles. The topological polar surface area (TPSA) is 87.2 Å². The van der Waals surface area contributed by atoms with E-state index in [0.717, 1.165) is 11.1 Å². The Kier molecular flexibility index (Phi) is 6.92. The van der Waals surface area contributed by atoms with Gasteiger partial charge >= 0.3 is 5.97 Å². The number of aromatic amines is 1. The zero-order chi connectivity index (χ0) is 22.9. The fraction of sp³-hybridized carbons (Fsp3) is 0.458. The van der Waals surface area contributed by atoms with Crippen molar-refractivity contribution in [3.8, 4) is 0 Å². The molecular formula is C24H33NO4Si. The van der Waals surface area contributed by atoms with Crippen LogP contribution in [0.1, 0.15) is 59.1 Å². The monoisotopic (exact) mass is 427 g/mol. The molecule has 0 aliphatic heterocycles. The molecule has 1 unspecified atom stereocenters. The molecule has 0 aliphatic carbocycles. The van der Waals surface area contributed by atoms with E-state index in [4.69, 9.17) is 0 Å². The Balaban J connectivity index is 2.47. The van der Waals surface area contributed by atoms with E-state index in [1.165, 1.54) is 0 Å². The highest BCUT2D eigenvalue weighted by molar-refractivity contribution is 6.78. The maximum atomic E-state index is 13.6. The summed E-state index contributed by atoms with van der Waals surface area (Å²) in [5.41, 5.74) is 2.11. The zero-order valence-electron chi connectivity index (χ0n) is 19.1. The van der Waals surface area contributed by atoms with Crippen LogP contribution in [0.4, 0.5) is 0 Å². The fourth-order valence-electron chi connectivity index (χ4n) is 3.73. The number of carbonyl (C=O) groups is 3. The number of ketones is 2. The number of carboxylic acid groups (broad SMARTS) is 1. The van der Waals surface area contributed by atoms with Gasteiger partial charge in [0.25, 0.3) is 0 Å². The van der Waals surface area contributed by atoms with Crippen LogP contribution in [0.2, 0.25) is 25.7 Å². The molecule has 2 N–H and O–H groups in total. The Labute approximate surface area is 179 Å². The van der Waals surface area contributed by atoms with E-state index in [2.05, 4.69) is 24.6 Å². The molecule has 1 aromatic carbocycles. The van der Waals surface area contributed by atoms with Crippen molar-refractivity contribution in [2.75, 3.05) is 0 Å². The predicted molar refractivity (Wildman–Crippen MR) is 122 cm³/mol. The van der Waals surface area contributed by atoms with E-state index >= 15 is 0 Å². The molecule has 0 spiro atoms. The van der Waals surface area contributed by atoms with Crippen molar-refractivity contribution in [2.24, 2.45) is 5.41 Å². The van der Waals surface area contributed by atoms with Crippen LogP contribution < -0.4 is 0 Å². The van der Waals surface area contributed by atoms with Crippen LogP contribution >= 0.6 is 0 Å². The number of Topliss-reactive ketones (excluding diaryl/α,β-unsaturated/α-hetero) is 2. The third kappa shape index (κ3) is 5.36. The van der Waals surface area contributed by atoms with Crippen molar-refractivity contribution < 1.29 is 19.5 Å². The summed E-state index contributed by atoms with van der Waals surface area (Å²) in [6.07, 6.45) is 0.107. The Morgan fingerprint density at radius 1 is 1.03 bits per heavy atom. The smallest absolute Gasteiger partial charge is 0.352 e. The number of nitrogens with one attached hydrogen (secondary N) is 1. The van der Waals surface area contributed by atoms with E-state index in [1.807, 2.05) is 51.1 Å². The number of aromatic nitrogens is 1. The maximum absolute atomic E-state index is 13.6. The normalized spacial score (nSPS) is 13.2. The molecule has 6 heteroatoms. The molecular weight excluding hydrogens is 394 g/mol. The molecule has 0 saturated heterocycles. The number of aromatic carboxylic acids is 1. The molecule has 2 aromatic rings. The van der Waals surface area contributed by atoms with E-state index in [-0.39, 0.29) is 23.7 Å². The number of carbonyl (C=O) groups excluding carboxylic acids is 2. The minimum Gasteiger partial charge on any atom is -0.477 e. The van der Waals surface area contributed by atoms with Crippen molar-refractivity contribution in [3.05, 3.63) is 58.4 Å². The minimum absolute atomic E-state index is 0.0867. The van der Waals surface area contributed by atoms with Crippen molar-refractivity contribution in [1.82, 2.24) is 4.98 Å². The van der Waals surface area contributed by atoms with Crippen molar-refractivity contribution in [3.63, 3.8) is 0 Å². The van der Waals surface area contributed by atoms with Gasteiger partial charge in [0.05, 0.1) is 14.0 Å². The van der Waals surface area contributed by atoms with Crippen LogP contribution in [0.15, 0.2) is 30.3 Å². The van der Waals surface area contributed by atoms with Gasteiger partial charge in [-0.05, 0) is 30.5 Å². The van der Waals surface area contributed by atoms with Crippen molar-refractivity contribution in [2.45, 2.75) is 65.7 Å². The van der Waals surface area contributed by atoms with Gasteiger partial charge in [0.2, 0.25) is 0 Å². The van der Waals surface area contributed by atoms with Crippen LogP contribution in [-0.4, -0.2) is 35.7 Å². The summed E-state index contributed by atoms with van der Waals surface area (Å²) in [5.74, 6) is -1.66. The Bertz CT molecular complexity index is 952. The van der Waals surface area contributed by atoms with Gasteiger partial charge in [-0.25, -0.2) is 4.79 Å². The number of carboxylic acids is 1. The molecule has 0 bridgehead atoms. The molecule has 0 saturated carbocycles. The van der Waals surface area contributed by atoms with Gasteiger partial charge in [0.15, 0.2) is 0 Å². The standard InChI is InChI=1S/C24H33NO4Si/c1-15-16(2)22(23(28)29)25-21(15)20(17-11-9-8-10-12-17)18(26)13-24(3,4)19(27)14-30(5,6)7/h8-12,20,25H,13-14H2,1-7H3,(H,28,29). The average molecular weight is 428 g/mol. The van der Waals surface area contributed by atoms with Gasteiger partial charge in [0.1, 0.15) is 17.3 Å². The Hall–Kier alpha value is -2.47. The second-order valence-electron chi connectivity index (χ2n) is 10.0. The van der Waals surface area contributed by atoms with Gasteiger partial charge in [-0.2, -0.15) is 0 Å².